The van der Waals surface area contributed by atoms with Crippen LogP contribution in [-0.2, 0) is 5.75 Å². The Kier molecular flexibility index (Phi) is 6.93. The quantitative estimate of drug-likeness (QED) is 0.356. The van der Waals surface area contributed by atoms with Gasteiger partial charge in [-0.3, -0.25) is 4.79 Å². The molecule has 0 N–H and O–H groups in total. The molecule has 1 atom stereocenters. The number of rotatable bonds is 8. The monoisotopic (exact) mass is 416 g/mol. The molecule has 140 valence electrons. The molecule has 0 saturated carbocycles. The van der Waals surface area contributed by atoms with Crippen molar-refractivity contribution in [3.63, 3.8) is 0 Å². The van der Waals surface area contributed by atoms with Crippen molar-refractivity contribution in [3.05, 3.63) is 65.2 Å². The van der Waals surface area contributed by atoms with Crippen molar-refractivity contribution in [3.8, 4) is 5.75 Å². The second-order valence-electron chi connectivity index (χ2n) is 5.96. The minimum atomic E-state index is -0.194. The first-order chi connectivity index (χ1) is 13.0. The zero-order chi connectivity index (χ0) is 19.2. The number of nitrogens with zero attached hydrogens (tertiary/aromatic N) is 2. The van der Waals surface area contributed by atoms with E-state index in [1.54, 1.807) is 18.9 Å². The summed E-state index contributed by atoms with van der Waals surface area (Å²) in [5.74, 6) is 1.79. The summed E-state index contributed by atoms with van der Waals surface area (Å²) in [6.45, 7) is 3.93. The highest BCUT2D eigenvalue weighted by Crippen LogP contribution is 2.33. The Morgan fingerprint density at radius 1 is 1.07 bits per heavy atom. The summed E-state index contributed by atoms with van der Waals surface area (Å²) in [6.07, 6.45) is 0. The number of hydrogen-bond donors (Lipinski definition) is 0. The highest BCUT2D eigenvalue weighted by atomic mass is 32.2. The standard InChI is InChI=1S/C20H20N2O2S3/c1-13-4-8-16(9-5-13)18(23)14(2)26-20-22-21-19(27-20)25-12-15-6-10-17(24-3)11-7-15/h4-11,14H,12H2,1-3H3. The van der Waals surface area contributed by atoms with E-state index in [1.165, 1.54) is 28.7 Å². The Morgan fingerprint density at radius 3 is 2.41 bits per heavy atom. The predicted molar refractivity (Wildman–Crippen MR) is 113 cm³/mol. The number of hydrogen-bond acceptors (Lipinski definition) is 7. The molecule has 3 rings (SSSR count). The van der Waals surface area contributed by atoms with Crippen LogP contribution in [-0.4, -0.2) is 28.3 Å². The normalized spacial score (nSPS) is 12.0. The lowest BCUT2D eigenvalue weighted by Crippen LogP contribution is -2.13. The first-order valence-corrected chi connectivity index (χ1v) is 11.1. The Bertz CT molecular complexity index is 892. The number of benzene rings is 2. The lowest BCUT2D eigenvalue weighted by molar-refractivity contribution is 0.0994. The smallest absolute Gasteiger partial charge is 0.175 e. The Morgan fingerprint density at radius 2 is 1.74 bits per heavy atom. The number of ketones is 1. The van der Waals surface area contributed by atoms with Crippen molar-refractivity contribution in [2.45, 2.75) is 33.5 Å². The second-order valence-corrected chi connectivity index (χ2v) is 9.75. The van der Waals surface area contributed by atoms with Gasteiger partial charge < -0.3 is 4.74 Å². The number of aromatic nitrogens is 2. The first-order valence-electron chi connectivity index (χ1n) is 8.42. The minimum Gasteiger partial charge on any atom is -0.497 e. The van der Waals surface area contributed by atoms with E-state index in [4.69, 9.17) is 4.74 Å². The third-order valence-corrected chi connectivity index (χ3v) is 7.20. The van der Waals surface area contributed by atoms with Crippen LogP contribution in [0.25, 0.3) is 0 Å². The van der Waals surface area contributed by atoms with Gasteiger partial charge in [-0.1, -0.05) is 76.8 Å². The van der Waals surface area contributed by atoms with Crippen molar-refractivity contribution >= 4 is 40.6 Å². The molecule has 3 aromatic rings. The van der Waals surface area contributed by atoms with Gasteiger partial charge >= 0.3 is 0 Å². The van der Waals surface area contributed by atoms with Crippen molar-refractivity contribution in [1.82, 2.24) is 10.2 Å². The van der Waals surface area contributed by atoms with Crippen LogP contribution < -0.4 is 4.74 Å². The first kappa shape index (κ1) is 19.9. The Labute approximate surface area is 171 Å². The van der Waals surface area contributed by atoms with Crippen LogP contribution in [0.4, 0.5) is 0 Å². The molecule has 0 fully saturated rings. The van der Waals surface area contributed by atoms with E-state index in [0.29, 0.717) is 0 Å². The SMILES string of the molecule is COc1ccc(CSc2nnc(SC(C)C(=O)c3ccc(C)cc3)s2)cc1. The van der Waals surface area contributed by atoms with E-state index < -0.39 is 0 Å². The number of thioether (sulfide) groups is 2. The van der Waals surface area contributed by atoms with Crippen LogP contribution >= 0.6 is 34.9 Å². The number of carbonyl (C=O) groups excluding carboxylic acids is 1. The molecule has 1 aromatic heterocycles. The molecule has 0 aliphatic heterocycles. The van der Waals surface area contributed by atoms with Crippen LogP contribution in [0, 0.1) is 6.92 Å². The molecule has 0 aliphatic carbocycles. The van der Waals surface area contributed by atoms with E-state index in [2.05, 4.69) is 10.2 Å². The van der Waals surface area contributed by atoms with E-state index in [0.717, 1.165) is 31.3 Å². The van der Waals surface area contributed by atoms with Crippen LogP contribution in [0.1, 0.15) is 28.4 Å². The third-order valence-electron chi connectivity index (χ3n) is 3.89. The fourth-order valence-corrected chi connectivity index (χ4v) is 5.52. The molecule has 7 heteroatoms. The molecule has 0 radical (unpaired) electrons. The van der Waals surface area contributed by atoms with Gasteiger partial charge in [0.05, 0.1) is 12.4 Å². The summed E-state index contributed by atoms with van der Waals surface area (Å²) in [4.78, 5) is 12.6. The zero-order valence-corrected chi connectivity index (χ0v) is 17.8. The number of carbonyl (C=O) groups is 1. The third kappa shape index (κ3) is 5.57. The summed E-state index contributed by atoms with van der Waals surface area (Å²) in [5.41, 5.74) is 3.09. The lowest BCUT2D eigenvalue weighted by atomic mass is 10.1. The van der Waals surface area contributed by atoms with Gasteiger partial charge in [0.15, 0.2) is 14.5 Å². The fourth-order valence-electron chi connectivity index (χ4n) is 2.33. The summed E-state index contributed by atoms with van der Waals surface area (Å²) < 4.78 is 6.90. The maximum atomic E-state index is 12.6. The molecule has 0 spiro atoms. The minimum absolute atomic E-state index is 0.114. The van der Waals surface area contributed by atoms with Crippen molar-refractivity contribution < 1.29 is 9.53 Å². The fraction of sp³-hybridized carbons (Fsp3) is 0.250. The van der Waals surface area contributed by atoms with Gasteiger partial charge in [0.1, 0.15) is 5.75 Å². The molecular weight excluding hydrogens is 396 g/mol. The summed E-state index contributed by atoms with van der Waals surface area (Å²) in [5, 5.41) is 8.27. The largest absolute Gasteiger partial charge is 0.497 e. The average Bonchev–Trinajstić information content (AvgIpc) is 3.14. The van der Waals surface area contributed by atoms with E-state index in [1.807, 2.05) is 62.4 Å². The zero-order valence-electron chi connectivity index (χ0n) is 15.3. The van der Waals surface area contributed by atoms with Gasteiger partial charge in [0, 0.05) is 11.3 Å². The topological polar surface area (TPSA) is 52.1 Å². The molecule has 0 amide bonds. The van der Waals surface area contributed by atoms with Gasteiger partial charge in [0.25, 0.3) is 0 Å². The summed E-state index contributed by atoms with van der Waals surface area (Å²) >= 11 is 4.64. The number of methoxy groups -OCH3 is 1. The molecule has 1 unspecified atom stereocenters. The Hall–Kier alpha value is -1.83. The number of ether oxygens (including phenoxy) is 1. The van der Waals surface area contributed by atoms with Gasteiger partial charge in [-0.25, -0.2) is 0 Å². The van der Waals surface area contributed by atoms with Gasteiger partial charge in [-0.2, -0.15) is 0 Å². The van der Waals surface area contributed by atoms with Crippen LogP contribution in [0.5, 0.6) is 5.75 Å². The molecule has 27 heavy (non-hydrogen) atoms. The maximum absolute atomic E-state index is 12.6. The van der Waals surface area contributed by atoms with Crippen molar-refractivity contribution in [1.29, 1.82) is 0 Å². The van der Waals surface area contributed by atoms with Crippen LogP contribution in [0.15, 0.2) is 57.2 Å². The maximum Gasteiger partial charge on any atom is 0.175 e. The van der Waals surface area contributed by atoms with Gasteiger partial charge in [-0.05, 0) is 31.5 Å². The van der Waals surface area contributed by atoms with Gasteiger partial charge in [0.2, 0.25) is 0 Å². The number of Topliss-reactive ketones (excluding diaryl/α,β-unsaturated/α-hetero) is 1. The molecule has 0 bridgehead atoms. The summed E-state index contributed by atoms with van der Waals surface area (Å²) in [7, 11) is 1.66. The molecule has 1 heterocycles. The van der Waals surface area contributed by atoms with Crippen molar-refractivity contribution in [2.24, 2.45) is 0 Å². The Balaban J connectivity index is 1.55. The van der Waals surface area contributed by atoms with Crippen molar-refractivity contribution in [2.75, 3.05) is 7.11 Å². The lowest BCUT2D eigenvalue weighted by Gasteiger charge is -2.08. The second kappa shape index (κ2) is 9.39. The number of aryl methyl sites for hydroxylation is 1. The highest BCUT2D eigenvalue weighted by molar-refractivity contribution is 8.03. The highest BCUT2D eigenvalue weighted by Gasteiger charge is 2.18. The van der Waals surface area contributed by atoms with Gasteiger partial charge in [-0.15, -0.1) is 10.2 Å². The van der Waals surface area contributed by atoms with Crippen LogP contribution in [0.3, 0.4) is 0 Å². The molecule has 0 aliphatic rings. The molecule has 4 nitrogen and oxygen atoms in total. The molecule has 0 saturated heterocycles. The molecular formula is C20H20N2O2S3. The summed E-state index contributed by atoms with van der Waals surface area (Å²) in [6, 6.07) is 15.7. The van der Waals surface area contributed by atoms with E-state index >= 15 is 0 Å². The van der Waals surface area contributed by atoms with E-state index in [-0.39, 0.29) is 11.0 Å². The van der Waals surface area contributed by atoms with Crippen LogP contribution in [0.2, 0.25) is 0 Å². The van der Waals surface area contributed by atoms with E-state index in [9.17, 15) is 4.79 Å². The molecule has 2 aromatic carbocycles. The predicted octanol–water partition coefficient (Wildman–Crippen LogP) is 5.51. The average molecular weight is 417 g/mol.